The van der Waals surface area contributed by atoms with Crippen molar-refractivity contribution in [3.8, 4) is 22.3 Å². The lowest BCUT2D eigenvalue weighted by atomic mass is 9.97. The van der Waals surface area contributed by atoms with Crippen molar-refractivity contribution in [1.82, 2.24) is 15.0 Å². The molecule has 4 aromatic carbocycles. The summed E-state index contributed by atoms with van der Waals surface area (Å²) < 4.78 is 29.4. The van der Waals surface area contributed by atoms with Crippen LogP contribution in [0.1, 0.15) is 12.0 Å². The van der Waals surface area contributed by atoms with E-state index in [0.717, 1.165) is 52.0 Å². The van der Waals surface area contributed by atoms with Gasteiger partial charge in [-0.3, -0.25) is 4.98 Å². The summed E-state index contributed by atoms with van der Waals surface area (Å²) in [5, 5.41) is 5.53. The summed E-state index contributed by atoms with van der Waals surface area (Å²) in [5.74, 6) is 0. The van der Waals surface area contributed by atoms with Gasteiger partial charge in [0.25, 0.3) is 0 Å². The lowest BCUT2D eigenvalue weighted by Gasteiger charge is -2.13. The van der Waals surface area contributed by atoms with Crippen LogP contribution in [0.4, 0.5) is 0 Å². The van der Waals surface area contributed by atoms with Crippen molar-refractivity contribution in [2.45, 2.75) is 17.7 Å². The minimum Gasteiger partial charge on any atom is -0.315 e. The summed E-state index contributed by atoms with van der Waals surface area (Å²) in [5.41, 5.74) is 5.34. The molecule has 0 saturated carbocycles. The van der Waals surface area contributed by atoms with Crippen molar-refractivity contribution in [1.29, 1.82) is 0 Å². The number of halogens is 1. The van der Waals surface area contributed by atoms with Gasteiger partial charge >= 0.3 is 0 Å². The van der Waals surface area contributed by atoms with E-state index in [1.807, 2.05) is 66.7 Å². The number of fused-ring (bicyclic) bond motifs is 1. The molecule has 7 heteroatoms. The molecule has 0 aliphatic heterocycles. The van der Waals surface area contributed by atoms with Gasteiger partial charge in [-0.1, -0.05) is 78.3 Å². The van der Waals surface area contributed by atoms with Gasteiger partial charge in [-0.2, -0.15) is 0 Å². The number of sulfonamides is 1. The molecule has 198 valence electrons. The van der Waals surface area contributed by atoms with Gasteiger partial charge < -0.3 is 5.32 Å². The second-order valence-electron chi connectivity index (χ2n) is 9.36. The maximum atomic E-state index is 13.3. The van der Waals surface area contributed by atoms with Crippen LogP contribution in [0.5, 0.6) is 0 Å². The van der Waals surface area contributed by atoms with Crippen molar-refractivity contribution < 1.29 is 8.42 Å². The van der Waals surface area contributed by atoms with E-state index in [-0.39, 0.29) is 4.90 Å². The molecule has 2 N–H and O–H groups in total. The van der Waals surface area contributed by atoms with Crippen LogP contribution in [0.3, 0.4) is 0 Å². The Balaban J connectivity index is 1.18. The fourth-order valence-electron chi connectivity index (χ4n) is 4.73. The molecule has 0 bridgehead atoms. The molecule has 0 fully saturated rings. The third kappa shape index (κ3) is 6.72. The Morgan fingerprint density at radius 1 is 0.744 bits per heavy atom. The molecule has 5 rings (SSSR count). The van der Waals surface area contributed by atoms with Crippen molar-refractivity contribution in [2.24, 2.45) is 0 Å². The van der Waals surface area contributed by atoms with Gasteiger partial charge in [0.2, 0.25) is 10.0 Å². The molecule has 5 aromatic rings. The zero-order valence-electron chi connectivity index (χ0n) is 21.5. The normalized spacial score (nSPS) is 11.6. The van der Waals surface area contributed by atoms with E-state index in [4.69, 9.17) is 11.6 Å². The molecule has 0 unspecified atom stereocenters. The number of aromatic nitrogens is 1. The van der Waals surface area contributed by atoms with E-state index >= 15 is 0 Å². The fraction of sp³-hybridized carbons (Fsp3) is 0.156. The Hall–Kier alpha value is -3.55. The lowest BCUT2D eigenvalue weighted by Crippen LogP contribution is -2.32. The average molecular weight is 556 g/mol. The Labute approximate surface area is 234 Å². The first kappa shape index (κ1) is 27.0. The molecule has 1 aromatic heterocycles. The summed E-state index contributed by atoms with van der Waals surface area (Å²) in [6.07, 6.45) is 5.14. The quantitative estimate of drug-likeness (QED) is 0.177. The number of nitrogens with zero attached hydrogens (tertiary/aromatic N) is 1. The minimum atomic E-state index is -3.72. The first-order valence-corrected chi connectivity index (χ1v) is 14.8. The molecule has 0 saturated heterocycles. The number of rotatable bonds is 11. The Kier molecular flexibility index (Phi) is 8.69. The highest BCUT2D eigenvalue weighted by Crippen LogP contribution is 2.30. The Bertz CT molecular complexity index is 1660. The summed E-state index contributed by atoms with van der Waals surface area (Å²) in [4.78, 5) is 4.45. The largest absolute Gasteiger partial charge is 0.315 e. The van der Waals surface area contributed by atoms with Gasteiger partial charge in [0.05, 0.1) is 4.90 Å². The Morgan fingerprint density at radius 2 is 1.49 bits per heavy atom. The number of aryl methyl sites for hydroxylation is 1. The zero-order valence-corrected chi connectivity index (χ0v) is 23.1. The van der Waals surface area contributed by atoms with Gasteiger partial charge in [0.1, 0.15) is 0 Å². The van der Waals surface area contributed by atoms with Crippen LogP contribution >= 0.6 is 11.6 Å². The van der Waals surface area contributed by atoms with Gasteiger partial charge in [-0.15, -0.1) is 0 Å². The van der Waals surface area contributed by atoms with Crippen LogP contribution in [-0.4, -0.2) is 33.0 Å². The molecule has 0 spiro atoms. The van der Waals surface area contributed by atoms with E-state index in [1.165, 1.54) is 5.56 Å². The number of nitrogens with one attached hydrogen (secondary N) is 2. The molecule has 0 amide bonds. The van der Waals surface area contributed by atoms with Gasteiger partial charge in [-0.25, -0.2) is 13.1 Å². The smallest absolute Gasteiger partial charge is 0.241 e. The van der Waals surface area contributed by atoms with Crippen molar-refractivity contribution in [2.75, 3.05) is 19.6 Å². The summed E-state index contributed by atoms with van der Waals surface area (Å²) >= 11 is 6.27. The maximum absolute atomic E-state index is 13.3. The van der Waals surface area contributed by atoms with Crippen LogP contribution in [-0.2, 0) is 16.4 Å². The molecular weight excluding hydrogens is 526 g/mol. The lowest BCUT2D eigenvalue weighted by molar-refractivity contribution is 0.575. The average Bonchev–Trinajstić information content (AvgIpc) is 2.97. The summed E-state index contributed by atoms with van der Waals surface area (Å²) in [7, 11) is -3.72. The van der Waals surface area contributed by atoms with Gasteiger partial charge in [0.15, 0.2) is 0 Å². The van der Waals surface area contributed by atoms with Crippen LogP contribution in [0.25, 0.3) is 33.0 Å². The highest BCUT2D eigenvalue weighted by molar-refractivity contribution is 7.89. The third-order valence-electron chi connectivity index (χ3n) is 6.66. The van der Waals surface area contributed by atoms with E-state index in [1.54, 1.807) is 24.5 Å². The maximum Gasteiger partial charge on any atom is 0.241 e. The first-order chi connectivity index (χ1) is 19.0. The highest BCUT2D eigenvalue weighted by atomic mass is 35.5. The number of hydrogen-bond donors (Lipinski definition) is 2. The second kappa shape index (κ2) is 12.5. The van der Waals surface area contributed by atoms with Crippen LogP contribution in [0.15, 0.2) is 114 Å². The number of hydrogen-bond acceptors (Lipinski definition) is 4. The summed E-state index contributed by atoms with van der Waals surface area (Å²) in [6, 6.07) is 31.5. The predicted molar refractivity (Wildman–Crippen MR) is 160 cm³/mol. The van der Waals surface area contributed by atoms with Crippen molar-refractivity contribution >= 4 is 32.4 Å². The van der Waals surface area contributed by atoms with E-state index in [2.05, 4.69) is 33.2 Å². The van der Waals surface area contributed by atoms with E-state index < -0.39 is 10.0 Å². The molecule has 5 nitrogen and oxygen atoms in total. The third-order valence-corrected chi connectivity index (χ3v) is 8.40. The molecule has 0 radical (unpaired) electrons. The van der Waals surface area contributed by atoms with Crippen molar-refractivity contribution in [3.63, 3.8) is 0 Å². The molecule has 39 heavy (non-hydrogen) atoms. The molecule has 0 aliphatic carbocycles. The minimum absolute atomic E-state index is 0.262. The van der Waals surface area contributed by atoms with Crippen LogP contribution < -0.4 is 10.0 Å². The number of pyridine rings is 1. The van der Waals surface area contributed by atoms with Gasteiger partial charge in [-0.05, 0) is 77.5 Å². The zero-order chi connectivity index (χ0) is 27.1. The molecular formula is C32H30ClN3O2S. The SMILES string of the molecule is O=S(=O)(NCCNCCCc1ccc(Cl)cc1-c1ccccc1)c1cc(-c2ccccc2)cc2cnccc12. The topological polar surface area (TPSA) is 71.1 Å². The van der Waals surface area contributed by atoms with E-state index in [0.29, 0.717) is 18.5 Å². The predicted octanol–water partition coefficient (Wildman–Crippen LogP) is 6.72. The second-order valence-corrected chi connectivity index (χ2v) is 11.5. The molecule has 0 atom stereocenters. The van der Waals surface area contributed by atoms with Crippen LogP contribution in [0, 0.1) is 0 Å². The highest BCUT2D eigenvalue weighted by Gasteiger charge is 2.19. The van der Waals surface area contributed by atoms with Gasteiger partial charge in [0, 0.05) is 41.3 Å². The summed E-state index contributed by atoms with van der Waals surface area (Å²) in [6.45, 7) is 1.60. The molecule has 0 aliphatic rings. The monoisotopic (exact) mass is 555 g/mol. The number of benzene rings is 4. The first-order valence-electron chi connectivity index (χ1n) is 13.0. The standard InChI is InChI=1S/C32H30ClN3O2S/c33-29-14-13-26(31(22-29)25-10-5-2-6-11-25)12-7-16-34-18-19-36-39(37,38)32-21-27(24-8-3-1-4-9-24)20-28-23-35-17-15-30(28)32/h1-6,8-11,13-15,17,20-23,34,36H,7,12,16,18-19H2. The van der Waals surface area contributed by atoms with E-state index in [9.17, 15) is 8.42 Å². The fourth-order valence-corrected chi connectivity index (χ4v) is 6.18. The Morgan fingerprint density at radius 3 is 2.26 bits per heavy atom. The van der Waals surface area contributed by atoms with Crippen molar-refractivity contribution in [3.05, 3.63) is 120 Å². The van der Waals surface area contributed by atoms with Crippen LogP contribution in [0.2, 0.25) is 5.02 Å². The molecule has 1 heterocycles.